The lowest BCUT2D eigenvalue weighted by Gasteiger charge is -2.34. The molecule has 1 aromatic carbocycles. The highest BCUT2D eigenvalue weighted by Crippen LogP contribution is 2.25. The molecule has 0 N–H and O–H groups in total. The van der Waals surface area contributed by atoms with Crippen molar-refractivity contribution in [2.45, 2.75) is 31.1 Å². The Balaban J connectivity index is 1.38. The van der Waals surface area contributed by atoms with Crippen molar-refractivity contribution in [3.63, 3.8) is 0 Å². The Morgan fingerprint density at radius 1 is 0.774 bits per heavy atom. The minimum atomic E-state index is -3.50. The van der Waals surface area contributed by atoms with Crippen molar-refractivity contribution in [3.05, 3.63) is 42.0 Å². The highest BCUT2D eigenvalue weighted by Gasteiger charge is 2.29. The maximum Gasteiger partial charge on any atom is 0.243 e. The molecule has 0 spiro atoms. The largest absolute Gasteiger partial charge is 0.378 e. The van der Waals surface area contributed by atoms with Gasteiger partial charge in [-0.25, -0.2) is 8.42 Å². The number of benzene rings is 1. The van der Waals surface area contributed by atoms with Crippen LogP contribution in [0.4, 0.5) is 11.6 Å². The average molecular weight is 446 g/mol. The van der Waals surface area contributed by atoms with E-state index in [0.29, 0.717) is 44.3 Å². The fraction of sp³-hybridized carbons (Fsp3) is 0.545. The van der Waals surface area contributed by atoms with Crippen LogP contribution in [0.1, 0.15) is 26.3 Å². The fourth-order valence-corrected chi connectivity index (χ4v) is 5.30. The number of piperazine rings is 1. The lowest BCUT2D eigenvalue weighted by atomic mass is 9.87. The van der Waals surface area contributed by atoms with E-state index >= 15 is 0 Å². The van der Waals surface area contributed by atoms with Crippen molar-refractivity contribution in [1.82, 2.24) is 14.5 Å². The van der Waals surface area contributed by atoms with E-state index in [1.165, 1.54) is 0 Å². The molecule has 2 fully saturated rings. The normalized spacial score (nSPS) is 18.9. The molecule has 31 heavy (non-hydrogen) atoms. The lowest BCUT2D eigenvalue weighted by Crippen LogP contribution is -2.49. The van der Waals surface area contributed by atoms with Crippen LogP contribution in [-0.4, -0.2) is 75.4 Å². The molecule has 2 aliphatic heterocycles. The molecule has 0 saturated carbocycles. The number of morpholine rings is 1. The molecular weight excluding hydrogens is 414 g/mol. The van der Waals surface area contributed by atoms with Gasteiger partial charge in [0, 0.05) is 39.3 Å². The molecule has 168 valence electrons. The summed E-state index contributed by atoms with van der Waals surface area (Å²) in [6.45, 7) is 11.4. The van der Waals surface area contributed by atoms with Crippen molar-refractivity contribution < 1.29 is 13.2 Å². The minimum Gasteiger partial charge on any atom is -0.378 e. The standard InChI is InChI=1S/C22H31N5O3S/c1-22(2,3)18-4-6-19(7-5-18)31(28,29)27-12-10-25(11-13-27)20-8-9-21(24-23-20)26-14-16-30-17-15-26/h4-9H,10-17H2,1-3H3. The molecular formula is C22H31N5O3S. The highest BCUT2D eigenvalue weighted by molar-refractivity contribution is 7.89. The van der Waals surface area contributed by atoms with Crippen LogP contribution in [0.2, 0.25) is 0 Å². The van der Waals surface area contributed by atoms with Gasteiger partial charge >= 0.3 is 0 Å². The molecule has 0 atom stereocenters. The SMILES string of the molecule is CC(C)(C)c1ccc(S(=O)(=O)N2CCN(c3ccc(N4CCOCC4)nn3)CC2)cc1. The summed E-state index contributed by atoms with van der Waals surface area (Å²) < 4.78 is 33.1. The van der Waals surface area contributed by atoms with Crippen LogP contribution in [0.5, 0.6) is 0 Å². The Morgan fingerprint density at radius 2 is 1.29 bits per heavy atom. The number of anilines is 2. The quantitative estimate of drug-likeness (QED) is 0.713. The Hall–Kier alpha value is -2.23. The van der Waals surface area contributed by atoms with E-state index in [-0.39, 0.29) is 5.41 Å². The molecule has 2 saturated heterocycles. The summed E-state index contributed by atoms with van der Waals surface area (Å²) in [5.41, 5.74) is 1.11. The molecule has 0 bridgehead atoms. The van der Waals surface area contributed by atoms with Crippen LogP contribution in [0.15, 0.2) is 41.3 Å². The van der Waals surface area contributed by atoms with Gasteiger partial charge in [0.05, 0.1) is 18.1 Å². The van der Waals surface area contributed by atoms with E-state index in [1.807, 2.05) is 24.3 Å². The van der Waals surface area contributed by atoms with Crippen molar-refractivity contribution in [2.75, 3.05) is 62.3 Å². The van der Waals surface area contributed by atoms with Crippen LogP contribution >= 0.6 is 0 Å². The van der Waals surface area contributed by atoms with E-state index in [2.05, 4.69) is 40.8 Å². The lowest BCUT2D eigenvalue weighted by molar-refractivity contribution is 0.122. The van der Waals surface area contributed by atoms with E-state index in [9.17, 15) is 8.42 Å². The van der Waals surface area contributed by atoms with Crippen LogP contribution in [-0.2, 0) is 20.2 Å². The second-order valence-electron chi connectivity index (χ2n) is 9.01. The molecule has 4 rings (SSSR count). The van der Waals surface area contributed by atoms with E-state index in [0.717, 1.165) is 30.3 Å². The van der Waals surface area contributed by atoms with Gasteiger partial charge in [0.1, 0.15) is 0 Å². The van der Waals surface area contributed by atoms with Gasteiger partial charge in [0.25, 0.3) is 0 Å². The van der Waals surface area contributed by atoms with E-state index in [1.54, 1.807) is 16.4 Å². The molecule has 0 unspecified atom stereocenters. The van der Waals surface area contributed by atoms with Crippen LogP contribution < -0.4 is 9.80 Å². The number of rotatable bonds is 4. The maximum atomic E-state index is 13.1. The van der Waals surface area contributed by atoms with Crippen molar-refractivity contribution in [2.24, 2.45) is 0 Å². The smallest absolute Gasteiger partial charge is 0.243 e. The number of hydrogen-bond acceptors (Lipinski definition) is 7. The molecule has 9 heteroatoms. The summed E-state index contributed by atoms with van der Waals surface area (Å²) >= 11 is 0. The number of hydrogen-bond donors (Lipinski definition) is 0. The average Bonchev–Trinajstić information content (AvgIpc) is 2.79. The summed E-state index contributed by atoms with van der Waals surface area (Å²) in [6, 6.07) is 11.2. The van der Waals surface area contributed by atoms with Crippen LogP contribution in [0.3, 0.4) is 0 Å². The summed E-state index contributed by atoms with van der Waals surface area (Å²) in [6.07, 6.45) is 0. The highest BCUT2D eigenvalue weighted by atomic mass is 32.2. The predicted molar refractivity (Wildman–Crippen MR) is 121 cm³/mol. The first kappa shape index (κ1) is 22.0. The number of nitrogens with zero attached hydrogens (tertiary/aromatic N) is 5. The Labute approximate surface area is 184 Å². The topological polar surface area (TPSA) is 78.9 Å². The Morgan fingerprint density at radius 3 is 1.77 bits per heavy atom. The van der Waals surface area contributed by atoms with Crippen LogP contribution in [0, 0.1) is 0 Å². The van der Waals surface area contributed by atoms with Gasteiger partial charge in [-0.15, -0.1) is 10.2 Å². The van der Waals surface area contributed by atoms with Crippen LogP contribution in [0.25, 0.3) is 0 Å². The van der Waals surface area contributed by atoms with Gasteiger partial charge < -0.3 is 14.5 Å². The zero-order valence-corrected chi connectivity index (χ0v) is 19.3. The minimum absolute atomic E-state index is 0.00766. The fourth-order valence-electron chi connectivity index (χ4n) is 3.88. The number of sulfonamides is 1. The molecule has 3 heterocycles. The van der Waals surface area contributed by atoms with Crippen molar-refractivity contribution >= 4 is 21.7 Å². The van der Waals surface area contributed by atoms with Gasteiger partial charge in [-0.05, 0) is 35.2 Å². The second kappa shape index (κ2) is 8.72. The third-order valence-electron chi connectivity index (χ3n) is 5.89. The molecule has 0 aliphatic carbocycles. The first-order valence-electron chi connectivity index (χ1n) is 10.8. The molecule has 2 aromatic rings. The van der Waals surface area contributed by atoms with Gasteiger partial charge in [0.15, 0.2) is 11.6 Å². The van der Waals surface area contributed by atoms with Gasteiger partial charge in [-0.1, -0.05) is 32.9 Å². The Kier molecular flexibility index (Phi) is 6.18. The van der Waals surface area contributed by atoms with Gasteiger partial charge in [-0.3, -0.25) is 0 Å². The predicted octanol–water partition coefficient (Wildman–Crippen LogP) is 2.12. The zero-order chi connectivity index (χ0) is 22.1. The zero-order valence-electron chi connectivity index (χ0n) is 18.5. The van der Waals surface area contributed by atoms with Crippen molar-refractivity contribution in [3.8, 4) is 0 Å². The number of aromatic nitrogens is 2. The van der Waals surface area contributed by atoms with Crippen molar-refractivity contribution in [1.29, 1.82) is 0 Å². The third kappa shape index (κ3) is 4.83. The molecule has 2 aliphatic rings. The molecule has 1 aromatic heterocycles. The summed E-state index contributed by atoms with van der Waals surface area (Å²) in [5, 5.41) is 8.75. The third-order valence-corrected chi connectivity index (χ3v) is 7.81. The summed E-state index contributed by atoms with van der Waals surface area (Å²) in [5.74, 6) is 1.63. The summed E-state index contributed by atoms with van der Waals surface area (Å²) in [7, 11) is -3.50. The first-order valence-corrected chi connectivity index (χ1v) is 12.2. The van der Waals surface area contributed by atoms with Gasteiger partial charge in [0.2, 0.25) is 10.0 Å². The second-order valence-corrected chi connectivity index (χ2v) is 11.0. The number of ether oxygens (including phenoxy) is 1. The van der Waals surface area contributed by atoms with E-state index in [4.69, 9.17) is 4.74 Å². The summed E-state index contributed by atoms with van der Waals surface area (Å²) in [4.78, 5) is 4.60. The molecule has 0 radical (unpaired) electrons. The Bertz CT molecular complexity index is 973. The van der Waals surface area contributed by atoms with E-state index < -0.39 is 10.0 Å². The molecule has 0 amide bonds. The maximum absolute atomic E-state index is 13.1. The molecule has 8 nitrogen and oxygen atoms in total. The first-order chi connectivity index (χ1) is 14.7. The van der Waals surface area contributed by atoms with Gasteiger partial charge in [-0.2, -0.15) is 4.31 Å². The monoisotopic (exact) mass is 445 g/mol.